The summed E-state index contributed by atoms with van der Waals surface area (Å²) in [6, 6.07) is 2.53. The lowest BCUT2D eigenvalue weighted by molar-refractivity contribution is -0.150. The number of carboxylic acids is 1. The molecular weight excluding hydrogens is 568 g/mol. The zero-order valence-corrected chi connectivity index (χ0v) is 22.9. The molecule has 5 heterocycles. The average molecular weight is 591 g/mol. The molecule has 3 atom stereocenters. The molecule has 3 aromatic heterocycles. The predicted molar refractivity (Wildman–Crippen MR) is 144 cm³/mol. The number of oxime groups is 1. The number of nitrogens with two attached hydrogens (primary N) is 1. The maximum atomic E-state index is 13.2. The quantitative estimate of drug-likeness (QED) is 0.115. The SMILES string of the molecule is CCC(Sc1n[nH]c(-c2ccco2)n1)C1=C(C(=O)O)N2C(=O)[C@@H](NC(=O)C(=NOC)c3csc(N)n3)[C@@H]2SC1. The molecule has 17 heteroatoms. The number of H-pyrrole nitrogens is 1. The van der Waals surface area contributed by atoms with Crippen LogP contribution in [0.1, 0.15) is 19.0 Å². The van der Waals surface area contributed by atoms with E-state index in [1.807, 2.05) is 6.92 Å². The lowest BCUT2D eigenvalue weighted by Crippen LogP contribution is -2.71. The molecule has 0 radical (unpaired) electrons. The van der Waals surface area contributed by atoms with Gasteiger partial charge in [0.05, 0.1) is 6.26 Å². The number of nitrogens with zero attached hydrogens (tertiary/aromatic N) is 5. The van der Waals surface area contributed by atoms with Crippen LogP contribution in [0.2, 0.25) is 0 Å². The van der Waals surface area contributed by atoms with Crippen molar-refractivity contribution in [3.8, 4) is 11.6 Å². The fourth-order valence-corrected chi connectivity index (χ4v) is 7.22. The van der Waals surface area contributed by atoms with E-state index in [0.717, 1.165) is 11.3 Å². The molecule has 2 aliphatic rings. The Morgan fingerprint density at radius 1 is 1.46 bits per heavy atom. The Bertz CT molecular complexity index is 1470. The summed E-state index contributed by atoms with van der Waals surface area (Å²) in [7, 11) is 1.28. The number of amides is 2. The molecule has 2 aliphatic heterocycles. The summed E-state index contributed by atoms with van der Waals surface area (Å²) in [5.74, 6) is -1.13. The summed E-state index contributed by atoms with van der Waals surface area (Å²) >= 11 is 3.79. The summed E-state index contributed by atoms with van der Waals surface area (Å²) in [5, 5.41) is 24.8. The first kappa shape index (κ1) is 26.8. The van der Waals surface area contributed by atoms with Crippen molar-refractivity contribution in [2.75, 3.05) is 18.6 Å². The van der Waals surface area contributed by atoms with Crippen LogP contribution in [-0.4, -0.2) is 83.2 Å². The molecule has 0 spiro atoms. The number of carbonyl (C=O) groups is 3. The zero-order valence-electron chi connectivity index (χ0n) is 20.5. The van der Waals surface area contributed by atoms with Crippen LogP contribution in [-0.2, 0) is 19.2 Å². The van der Waals surface area contributed by atoms with Crippen molar-refractivity contribution in [3.63, 3.8) is 0 Å². The highest BCUT2D eigenvalue weighted by atomic mass is 32.2. The van der Waals surface area contributed by atoms with Crippen LogP contribution in [0.25, 0.3) is 11.6 Å². The van der Waals surface area contributed by atoms with Gasteiger partial charge in [0.25, 0.3) is 11.8 Å². The zero-order chi connectivity index (χ0) is 27.7. The van der Waals surface area contributed by atoms with Crippen molar-refractivity contribution >= 4 is 63.5 Å². The minimum absolute atomic E-state index is 0.0894. The highest BCUT2D eigenvalue weighted by Crippen LogP contribution is 2.44. The van der Waals surface area contributed by atoms with E-state index < -0.39 is 29.2 Å². The summed E-state index contributed by atoms with van der Waals surface area (Å²) in [4.78, 5) is 53.0. The van der Waals surface area contributed by atoms with Crippen LogP contribution in [0, 0.1) is 0 Å². The number of thiazole rings is 1. The number of carbonyl (C=O) groups excluding carboxylic acids is 2. The standard InChI is InChI=1S/C22H22N8O6S3/c1-3-12(39-22-26-16(27-28-22)11-5-4-6-36-11)9-7-37-19-14(18(32)30(19)15(9)20(33)34)25-17(31)13(29-35-2)10-8-38-21(23)24-10/h4-6,8,12,14,19H,3,7H2,1-2H3,(H2,23,24)(H,25,31)(H,33,34)(H,26,27,28)/t12?,14-,19+/m1/s1. The third-order valence-corrected chi connectivity index (χ3v) is 9.15. The minimum atomic E-state index is -1.22. The van der Waals surface area contributed by atoms with Gasteiger partial charge in [-0.05, 0) is 24.1 Å². The number of thioether (sulfide) groups is 2. The van der Waals surface area contributed by atoms with Crippen molar-refractivity contribution in [1.82, 2.24) is 30.4 Å². The van der Waals surface area contributed by atoms with Gasteiger partial charge in [-0.25, -0.2) is 9.78 Å². The predicted octanol–water partition coefficient (Wildman–Crippen LogP) is 1.76. The van der Waals surface area contributed by atoms with Crippen LogP contribution in [0.3, 0.4) is 0 Å². The number of nitrogens with one attached hydrogen (secondary N) is 2. The first-order valence-electron chi connectivity index (χ1n) is 11.5. The van der Waals surface area contributed by atoms with E-state index in [0.29, 0.717) is 34.5 Å². The van der Waals surface area contributed by atoms with Gasteiger partial charge in [-0.2, -0.15) is 4.98 Å². The summed E-state index contributed by atoms with van der Waals surface area (Å²) in [5.41, 5.74) is 6.22. The van der Waals surface area contributed by atoms with Gasteiger partial charge in [-0.3, -0.25) is 19.6 Å². The first-order chi connectivity index (χ1) is 18.8. The van der Waals surface area contributed by atoms with E-state index in [4.69, 9.17) is 15.0 Å². The fourth-order valence-electron chi connectivity index (χ4n) is 4.14. The average Bonchev–Trinajstić information content (AvgIpc) is 3.70. The van der Waals surface area contributed by atoms with Crippen molar-refractivity contribution in [3.05, 3.63) is 40.7 Å². The largest absolute Gasteiger partial charge is 0.477 e. The first-order valence-corrected chi connectivity index (χ1v) is 14.3. The molecule has 0 aliphatic carbocycles. The lowest BCUT2D eigenvalue weighted by atomic mass is 10.0. The van der Waals surface area contributed by atoms with E-state index >= 15 is 0 Å². The van der Waals surface area contributed by atoms with E-state index in [9.17, 15) is 19.5 Å². The summed E-state index contributed by atoms with van der Waals surface area (Å²) in [6.07, 6.45) is 2.10. The van der Waals surface area contributed by atoms with Gasteiger partial charge >= 0.3 is 5.97 Å². The fraction of sp³-hybridized carbons (Fsp3) is 0.318. The Morgan fingerprint density at radius 2 is 2.28 bits per heavy atom. The number of aromatic nitrogens is 4. The van der Waals surface area contributed by atoms with Gasteiger partial charge in [0.15, 0.2) is 22.4 Å². The monoisotopic (exact) mass is 590 g/mol. The highest BCUT2D eigenvalue weighted by molar-refractivity contribution is 8.01. The minimum Gasteiger partial charge on any atom is -0.477 e. The number of rotatable bonds is 10. The Balaban J connectivity index is 1.34. The Morgan fingerprint density at radius 3 is 2.92 bits per heavy atom. The number of hydrogen-bond acceptors (Lipinski definition) is 13. The topological polar surface area (TPSA) is 202 Å². The molecule has 14 nitrogen and oxygen atoms in total. The van der Waals surface area contributed by atoms with Crippen LogP contribution in [0.5, 0.6) is 0 Å². The maximum absolute atomic E-state index is 13.2. The van der Waals surface area contributed by atoms with Gasteiger partial charge in [-0.1, -0.05) is 23.8 Å². The molecule has 3 aromatic rings. The second kappa shape index (κ2) is 11.1. The number of hydrogen-bond donors (Lipinski definition) is 4. The number of β-lactam (4-membered cyclic amide) rings is 1. The number of aliphatic carboxylic acids is 1. The van der Waals surface area contributed by atoms with Crippen LogP contribution in [0.4, 0.5) is 5.13 Å². The number of carboxylic acid groups (broad SMARTS) is 1. The Kier molecular flexibility index (Phi) is 7.62. The Hall–Kier alpha value is -3.83. The van der Waals surface area contributed by atoms with E-state index in [1.165, 1.54) is 41.8 Å². The van der Waals surface area contributed by atoms with Crippen molar-refractivity contribution in [2.45, 2.75) is 35.2 Å². The maximum Gasteiger partial charge on any atom is 0.352 e. The van der Waals surface area contributed by atoms with Crippen molar-refractivity contribution in [1.29, 1.82) is 0 Å². The highest BCUT2D eigenvalue weighted by Gasteiger charge is 2.55. The molecule has 39 heavy (non-hydrogen) atoms. The lowest BCUT2D eigenvalue weighted by Gasteiger charge is -2.50. The number of aromatic amines is 1. The number of furan rings is 1. The molecule has 1 unspecified atom stereocenters. The molecule has 1 fully saturated rings. The number of nitrogen functional groups attached to an aromatic ring is 1. The second-order valence-corrected chi connectivity index (χ2v) is 11.4. The van der Waals surface area contributed by atoms with Gasteiger partial charge in [0.2, 0.25) is 5.16 Å². The number of fused-ring (bicyclic) bond motifs is 1. The third kappa shape index (κ3) is 5.11. The van der Waals surface area contributed by atoms with Crippen molar-refractivity contribution in [2.24, 2.45) is 5.16 Å². The van der Waals surface area contributed by atoms with Gasteiger partial charge in [0.1, 0.15) is 29.9 Å². The second-order valence-electron chi connectivity index (χ2n) is 8.19. The molecule has 0 aromatic carbocycles. The molecule has 1 saturated heterocycles. The number of anilines is 1. The molecule has 204 valence electrons. The van der Waals surface area contributed by atoms with E-state index in [1.54, 1.807) is 17.5 Å². The molecule has 0 bridgehead atoms. The molecule has 0 saturated carbocycles. The van der Waals surface area contributed by atoms with Gasteiger partial charge in [-0.15, -0.1) is 28.2 Å². The van der Waals surface area contributed by atoms with Crippen LogP contribution in [0.15, 0.2) is 49.8 Å². The summed E-state index contributed by atoms with van der Waals surface area (Å²) in [6.45, 7) is 1.92. The third-order valence-electron chi connectivity index (χ3n) is 5.88. The normalized spacial score (nSPS) is 19.9. The molecule has 5 rings (SSSR count). The smallest absolute Gasteiger partial charge is 0.352 e. The molecule has 5 N–H and O–H groups in total. The Labute approximate surface area is 233 Å². The molecule has 2 amide bonds. The van der Waals surface area contributed by atoms with E-state index in [2.05, 4.69) is 30.6 Å². The molecular formula is C22H22N8O6S3. The van der Waals surface area contributed by atoms with Gasteiger partial charge < -0.3 is 25.4 Å². The van der Waals surface area contributed by atoms with E-state index in [-0.39, 0.29) is 27.5 Å². The van der Waals surface area contributed by atoms with Crippen LogP contribution < -0.4 is 11.1 Å². The van der Waals surface area contributed by atoms with Gasteiger partial charge in [0, 0.05) is 16.4 Å². The van der Waals surface area contributed by atoms with Crippen molar-refractivity contribution < 1.29 is 28.7 Å². The summed E-state index contributed by atoms with van der Waals surface area (Å²) < 4.78 is 5.34. The van der Waals surface area contributed by atoms with Crippen LogP contribution >= 0.6 is 34.9 Å².